The Morgan fingerprint density at radius 1 is 0.947 bits per heavy atom. The molecule has 0 bridgehead atoms. The second-order valence-electron chi connectivity index (χ2n) is 5.01. The van der Waals surface area contributed by atoms with Crippen molar-refractivity contribution in [2.24, 2.45) is 0 Å². The van der Waals surface area contributed by atoms with Crippen molar-refractivity contribution in [2.75, 3.05) is 11.4 Å². The lowest BCUT2D eigenvalue weighted by atomic mass is 9.92. The molecule has 0 unspecified atom stereocenters. The van der Waals surface area contributed by atoms with Crippen LogP contribution >= 0.6 is 0 Å². The van der Waals surface area contributed by atoms with Crippen molar-refractivity contribution in [1.29, 1.82) is 0 Å². The Bertz CT molecular complexity index is 598. The predicted octanol–water partition coefficient (Wildman–Crippen LogP) is 4.67. The largest absolute Gasteiger partial charge is 0.361 e. The highest BCUT2D eigenvalue weighted by molar-refractivity contribution is 5.80. The summed E-state index contributed by atoms with van der Waals surface area (Å²) in [5, 5.41) is 0. The van der Waals surface area contributed by atoms with Crippen LogP contribution < -0.4 is 4.90 Å². The molecular weight excluding hydrogens is 230 g/mol. The van der Waals surface area contributed by atoms with Gasteiger partial charge >= 0.3 is 0 Å². The highest BCUT2D eigenvalue weighted by Crippen LogP contribution is 2.39. The fourth-order valence-electron chi connectivity index (χ4n) is 2.92. The summed E-state index contributed by atoms with van der Waals surface area (Å²) in [6.07, 6.45) is 2.38. The molecular formula is C18H19N. The van der Waals surface area contributed by atoms with Crippen LogP contribution in [0.1, 0.15) is 31.0 Å². The van der Waals surface area contributed by atoms with Crippen LogP contribution in [0.5, 0.6) is 0 Å². The van der Waals surface area contributed by atoms with Gasteiger partial charge in [0, 0.05) is 17.8 Å². The van der Waals surface area contributed by atoms with Crippen molar-refractivity contribution < 1.29 is 0 Å². The maximum Gasteiger partial charge on any atom is 0.0732 e. The molecule has 0 saturated heterocycles. The number of rotatable bonds is 2. The molecule has 1 heteroatoms. The van der Waals surface area contributed by atoms with Crippen LogP contribution in [-0.4, -0.2) is 6.54 Å². The van der Waals surface area contributed by atoms with Crippen LogP contribution in [0.2, 0.25) is 0 Å². The minimum atomic E-state index is 0.348. The zero-order chi connectivity index (χ0) is 13.2. The van der Waals surface area contributed by atoms with Crippen molar-refractivity contribution >= 4 is 11.3 Å². The molecule has 1 aliphatic heterocycles. The molecule has 1 aliphatic rings. The van der Waals surface area contributed by atoms with Gasteiger partial charge in [0.1, 0.15) is 0 Å². The van der Waals surface area contributed by atoms with E-state index in [2.05, 4.69) is 79.4 Å². The Balaban J connectivity index is 2.11. The van der Waals surface area contributed by atoms with Gasteiger partial charge in [0.2, 0.25) is 0 Å². The monoisotopic (exact) mass is 249 g/mol. The summed E-state index contributed by atoms with van der Waals surface area (Å²) in [5.41, 5.74) is 5.43. The molecule has 2 aromatic carbocycles. The van der Waals surface area contributed by atoms with Crippen LogP contribution in [0.25, 0.3) is 5.57 Å². The molecule has 96 valence electrons. The lowest BCUT2D eigenvalue weighted by molar-refractivity contribution is 0.738. The zero-order valence-corrected chi connectivity index (χ0v) is 11.5. The van der Waals surface area contributed by atoms with E-state index in [1.807, 2.05) is 0 Å². The summed E-state index contributed by atoms with van der Waals surface area (Å²) >= 11 is 0. The smallest absolute Gasteiger partial charge is 0.0732 e. The molecule has 0 radical (unpaired) electrons. The third kappa shape index (κ3) is 2.06. The van der Waals surface area contributed by atoms with Crippen molar-refractivity contribution in [3.05, 3.63) is 71.8 Å². The first-order valence-corrected chi connectivity index (χ1v) is 6.90. The van der Waals surface area contributed by atoms with Gasteiger partial charge in [0.15, 0.2) is 0 Å². The Morgan fingerprint density at radius 3 is 2.37 bits per heavy atom. The standard InChI is InChI=1S/C18H19N/c1-3-19-17-12-8-7-11-16(17)14(2)13-18(19)15-9-5-4-6-10-15/h4-13,18H,3H2,1-2H3/t18-/m1/s1. The molecule has 1 atom stereocenters. The van der Waals surface area contributed by atoms with Gasteiger partial charge in [-0.2, -0.15) is 0 Å². The molecule has 1 nitrogen and oxygen atoms in total. The Morgan fingerprint density at radius 2 is 1.63 bits per heavy atom. The van der Waals surface area contributed by atoms with E-state index in [4.69, 9.17) is 0 Å². The van der Waals surface area contributed by atoms with Crippen molar-refractivity contribution in [2.45, 2.75) is 19.9 Å². The second-order valence-corrected chi connectivity index (χ2v) is 5.01. The first kappa shape index (κ1) is 12.0. The van der Waals surface area contributed by atoms with Gasteiger partial charge in [-0.3, -0.25) is 0 Å². The SMILES string of the molecule is CCN1c2ccccc2C(C)=C[C@@H]1c1ccccc1. The average molecular weight is 249 g/mol. The lowest BCUT2D eigenvalue weighted by Gasteiger charge is -2.37. The minimum absolute atomic E-state index is 0.348. The van der Waals surface area contributed by atoms with E-state index in [-0.39, 0.29) is 0 Å². The Labute approximate surface area is 115 Å². The van der Waals surface area contributed by atoms with Gasteiger partial charge in [-0.25, -0.2) is 0 Å². The van der Waals surface area contributed by atoms with Gasteiger partial charge in [-0.15, -0.1) is 0 Å². The number of likely N-dealkylation sites (N-methyl/N-ethyl adjacent to an activating group) is 1. The summed E-state index contributed by atoms with van der Waals surface area (Å²) < 4.78 is 0. The molecule has 0 spiro atoms. The predicted molar refractivity (Wildman–Crippen MR) is 82.3 cm³/mol. The summed E-state index contributed by atoms with van der Waals surface area (Å²) in [4.78, 5) is 2.47. The van der Waals surface area contributed by atoms with Crippen LogP contribution in [0.3, 0.4) is 0 Å². The molecule has 0 aromatic heterocycles. The summed E-state index contributed by atoms with van der Waals surface area (Å²) in [6.45, 7) is 5.45. The normalized spacial score (nSPS) is 17.9. The van der Waals surface area contributed by atoms with Gasteiger partial charge in [0.25, 0.3) is 0 Å². The van der Waals surface area contributed by atoms with Crippen molar-refractivity contribution in [1.82, 2.24) is 0 Å². The minimum Gasteiger partial charge on any atom is -0.361 e. The first-order valence-electron chi connectivity index (χ1n) is 6.90. The van der Waals surface area contributed by atoms with Crippen LogP contribution in [0.4, 0.5) is 5.69 Å². The number of para-hydroxylation sites is 1. The van der Waals surface area contributed by atoms with Gasteiger partial charge in [-0.05, 0) is 31.1 Å². The fraction of sp³-hybridized carbons (Fsp3) is 0.222. The van der Waals surface area contributed by atoms with E-state index in [1.165, 1.54) is 22.4 Å². The molecule has 3 rings (SSSR count). The Hall–Kier alpha value is -2.02. The maximum absolute atomic E-state index is 2.47. The number of nitrogens with zero attached hydrogens (tertiary/aromatic N) is 1. The van der Waals surface area contributed by atoms with Gasteiger partial charge in [-0.1, -0.05) is 54.6 Å². The molecule has 1 heterocycles. The highest BCUT2D eigenvalue weighted by atomic mass is 15.2. The molecule has 0 aliphatic carbocycles. The number of fused-ring (bicyclic) bond motifs is 1. The average Bonchev–Trinajstić information content (AvgIpc) is 2.48. The molecule has 2 aromatic rings. The topological polar surface area (TPSA) is 3.24 Å². The molecule has 0 fully saturated rings. The maximum atomic E-state index is 2.47. The van der Waals surface area contributed by atoms with Gasteiger partial charge < -0.3 is 4.90 Å². The van der Waals surface area contributed by atoms with Crippen molar-refractivity contribution in [3.63, 3.8) is 0 Å². The lowest BCUT2D eigenvalue weighted by Crippen LogP contribution is -2.30. The molecule has 0 saturated carbocycles. The number of hydrogen-bond donors (Lipinski definition) is 0. The third-order valence-corrected chi connectivity index (χ3v) is 3.86. The van der Waals surface area contributed by atoms with E-state index < -0.39 is 0 Å². The third-order valence-electron chi connectivity index (χ3n) is 3.86. The number of benzene rings is 2. The molecule has 19 heavy (non-hydrogen) atoms. The van der Waals surface area contributed by atoms with Crippen molar-refractivity contribution in [3.8, 4) is 0 Å². The highest BCUT2D eigenvalue weighted by Gasteiger charge is 2.24. The van der Waals surface area contributed by atoms with Gasteiger partial charge in [0.05, 0.1) is 6.04 Å². The number of hydrogen-bond acceptors (Lipinski definition) is 1. The zero-order valence-electron chi connectivity index (χ0n) is 11.5. The second kappa shape index (κ2) is 4.93. The molecule has 0 N–H and O–H groups in total. The van der Waals surface area contributed by atoms with E-state index in [1.54, 1.807) is 0 Å². The van der Waals surface area contributed by atoms with E-state index in [0.29, 0.717) is 6.04 Å². The quantitative estimate of drug-likeness (QED) is 0.747. The first-order chi connectivity index (χ1) is 9.31. The number of allylic oxidation sites excluding steroid dienone is 1. The summed E-state index contributed by atoms with van der Waals surface area (Å²) in [7, 11) is 0. The van der Waals surface area contributed by atoms with E-state index in [9.17, 15) is 0 Å². The fourth-order valence-corrected chi connectivity index (χ4v) is 2.92. The van der Waals surface area contributed by atoms with Crippen LogP contribution in [0, 0.1) is 0 Å². The van der Waals surface area contributed by atoms with Crippen LogP contribution in [0.15, 0.2) is 60.7 Å². The van der Waals surface area contributed by atoms with Crippen LogP contribution in [-0.2, 0) is 0 Å². The Kier molecular flexibility index (Phi) is 3.12. The number of anilines is 1. The summed E-state index contributed by atoms with van der Waals surface area (Å²) in [5.74, 6) is 0. The van der Waals surface area contributed by atoms with E-state index in [0.717, 1.165) is 6.54 Å². The van der Waals surface area contributed by atoms with E-state index >= 15 is 0 Å². The summed E-state index contributed by atoms with van der Waals surface area (Å²) in [6, 6.07) is 19.8. The molecule has 0 amide bonds.